The van der Waals surface area contributed by atoms with E-state index in [9.17, 15) is 14.4 Å². The van der Waals surface area contributed by atoms with Gasteiger partial charge in [-0.15, -0.1) is 0 Å². The Kier molecular flexibility index (Phi) is 10.3. The van der Waals surface area contributed by atoms with E-state index in [4.69, 9.17) is 32.2 Å². The molecule has 1 atom stereocenters. The molecule has 0 saturated carbocycles. The van der Waals surface area contributed by atoms with Crippen molar-refractivity contribution in [2.45, 2.75) is 13.0 Å². The molecule has 6 N–H and O–H groups in total. The number of aromatic nitrogens is 1. The normalized spacial score (nSPS) is 11.1. The number of hydrogen-bond acceptors (Lipinski definition) is 8. The van der Waals surface area contributed by atoms with E-state index in [1.165, 1.54) is 23.4 Å². The Balaban J connectivity index is 1.89. The fourth-order valence-corrected chi connectivity index (χ4v) is 3.60. The number of rotatable bonds is 11. The molecule has 0 aliphatic carbocycles. The summed E-state index contributed by atoms with van der Waals surface area (Å²) in [6, 6.07) is 11.9. The predicted molar refractivity (Wildman–Crippen MR) is 150 cm³/mol. The Hall–Kier alpha value is -4.84. The zero-order valence-electron chi connectivity index (χ0n) is 22.2. The summed E-state index contributed by atoms with van der Waals surface area (Å²) in [4.78, 5) is 43.2. The Morgan fingerprint density at radius 2 is 1.77 bits per heavy atom. The molecule has 0 radical (unpaired) electrons. The number of benzene rings is 2. The maximum Gasteiger partial charge on any atom is 0.271 e. The highest BCUT2D eigenvalue weighted by Crippen LogP contribution is 2.32. The lowest BCUT2D eigenvalue weighted by atomic mass is 10.0. The summed E-state index contributed by atoms with van der Waals surface area (Å²) in [5, 5.41) is 10.8. The first-order chi connectivity index (χ1) is 19.1. The molecule has 1 heterocycles. The Morgan fingerprint density at radius 1 is 1.05 bits per heavy atom. The number of carbonyl (C=O) groups excluding carboxylic acids is 3. The number of carbonyl (C=O) groups is 3. The van der Waals surface area contributed by atoms with Gasteiger partial charge in [0.2, 0.25) is 0 Å². The van der Waals surface area contributed by atoms with Gasteiger partial charge < -0.3 is 25.4 Å². The van der Waals surface area contributed by atoms with E-state index in [1.54, 1.807) is 63.5 Å². The number of likely N-dealkylation sites (N-methyl/N-ethyl adjacent to an activating group) is 1. The highest BCUT2D eigenvalue weighted by molar-refractivity contribution is 6.33. The van der Waals surface area contributed by atoms with E-state index in [0.29, 0.717) is 34.9 Å². The lowest BCUT2D eigenvalue weighted by Gasteiger charge is -2.22. The second-order valence-electron chi connectivity index (χ2n) is 8.58. The van der Waals surface area contributed by atoms with Crippen molar-refractivity contribution in [1.82, 2.24) is 20.7 Å². The molecule has 13 heteroatoms. The van der Waals surface area contributed by atoms with Crippen LogP contribution in [0.25, 0.3) is 0 Å². The maximum atomic E-state index is 13.4. The highest BCUT2D eigenvalue weighted by Gasteiger charge is 2.24. The first-order valence-corrected chi connectivity index (χ1v) is 12.5. The van der Waals surface area contributed by atoms with Gasteiger partial charge in [-0.25, -0.2) is 0 Å². The van der Waals surface area contributed by atoms with Crippen molar-refractivity contribution >= 4 is 40.8 Å². The maximum absolute atomic E-state index is 13.4. The van der Waals surface area contributed by atoms with Crippen LogP contribution in [0.15, 0.2) is 60.9 Å². The summed E-state index contributed by atoms with van der Waals surface area (Å²) in [6.07, 6.45) is 2.72. The van der Waals surface area contributed by atoms with Gasteiger partial charge in [0.15, 0.2) is 18.1 Å². The van der Waals surface area contributed by atoms with Gasteiger partial charge in [0.1, 0.15) is 11.9 Å². The lowest BCUT2D eigenvalue weighted by molar-refractivity contribution is -0.130. The van der Waals surface area contributed by atoms with Gasteiger partial charge in [0.05, 0.1) is 17.2 Å². The van der Waals surface area contributed by atoms with E-state index in [0.717, 1.165) is 0 Å². The molecule has 0 spiro atoms. The molecule has 0 fully saturated rings. The van der Waals surface area contributed by atoms with Gasteiger partial charge in [0, 0.05) is 37.7 Å². The van der Waals surface area contributed by atoms with Crippen LogP contribution >= 0.6 is 11.6 Å². The second kappa shape index (κ2) is 13.8. The van der Waals surface area contributed by atoms with Gasteiger partial charge in [-0.05, 0) is 55.0 Å². The van der Waals surface area contributed by atoms with Crippen molar-refractivity contribution in [2.24, 2.45) is 5.73 Å². The number of hydrogen-bond donors (Lipinski definition) is 5. The number of nitrogens with one attached hydrogen (secondary N) is 4. The SMILES string of the molecule is CCOc1cc(C(Nc2ccc(C(=N)N)cc2)C(=O)NNC(=O)c2ccncc2Cl)ccc1OCC(=O)N(C)C. The first kappa shape index (κ1) is 29.7. The summed E-state index contributed by atoms with van der Waals surface area (Å²) in [6.45, 7) is 1.90. The minimum absolute atomic E-state index is 0.0944. The van der Waals surface area contributed by atoms with Gasteiger partial charge in [0.25, 0.3) is 17.7 Å². The van der Waals surface area contributed by atoms with Gasteiger partial charge >= 0.3 is 0 Å². The zero-order valence-corrected chi connectivity index (χ0v) is 22.9. The molecular weight excluding hydrogens is 538 g/mol. The summed E-state index contributed by atoms with van der Waals surface area (Å²) in [5.74, 6) is -0.910. The lowest BCUT2D eigenvalue weighted by Crippen LogP contribution is -2.45. The minimum Gasteiger partial charge on any atom is -0.490 e. The van der Waals surface area contributed by atoms with Crippen LogP contribution in [-0.2, 0) is 9.59 Å². The summed E-state index contributed by atoms with van der Waals surface area (Å²) < 4.78 is 11.4. The summed E-state index contributed by atoms with van der Waals surface area (Å²) in [7, 11) is 3.25. The van der Waals surface area contributed by atoms with Crippen LogP contribution < -0.4 is 31.4 Å². The molecule has 40 heavy (non-hydrogen) atoms. The minimum atomic E-state index is -1.02. The standard InChI is InChI=1S/C27H30ClN7O5/c1-4-39-22-13-17(7-10-21(22)40-15-23(36)35(2)3)24(32-18-8-5-16(6-9-18)25(29)30)27(38)34-33-26(37)19-11-12-31-14-20(19)28/h5-14,24,32H,4,15H2,1-3H3,(H3,29,30)(H,33,37)(H,34,38). The molecule has 0 saturated heterocycles. The van der Waals surface area contributed by atoms with E-state index in [-0.39, 0.29) is 28.9 Å². The van der Waals surface area contributed by atoms with Crippen LogP contribution in [-0.4, -0.2) is 60.8 Å². The molecular formula is C27H30ClN7O5. The third-order valence-corrected chi connectivity index (χ3v) is 5.84. The van der Waals surface area contributed by atoms with Crippen LogP contribution in [0.2, 0.25) is 5.02 Å². The molecule has 1 aromatic heterocycles. The third kappa shape index (κ3) is 7.84. The van der Waals surface area contributed by atoms with Gasteiger partial charge in [-0.1, -0.05) is 17.7 Å². The number of amidine groups is 1. The average molecular weight is 568 g/mol. The molecule has 3 rings (SSSR count). The van der Waals surface area contributed by atoms with Gasteiger partial charge in [-0.3, -0.25) is 35.6 Å². The molecule has 12 nitrogen and oxygen atoms in total. The van der Waals surface area contributed by atoms with Crippen molar-refractivity contribution in [1.29, 1.82) is 5.41 Å². The zero-order chi connectivity index (χ0) is 29.2. The van der Waals surface area contributed by atoms with Crippen molar-refractivity contribution in [3.8, 4) is 11.5 Å². The number of halogens is 1. The molecule has 0 bridgehead atoms. The second-order valence-corrected chi connectivity index (χ2v) is 8.99. The number of nitrogen functional groups attached to an aromatic ring is 1. The van der Waals surface area contributed by atoms with Crippen molar-refractivity contribution in [3.63, 3.8) is 0 Å². The van der Waals surface area contributed by atoms with Crippen molar-refractivity contribution < 1.29 is 23.9 Å². The van der Waals surface area contributed by atoms with E-state index in [1.807, 2.05) is 0 Å². The molecule has 3 aromatic rings. The molecule has 2 aromatic carbocycles. The fraction of sp³-hybridized carbons (Fsp3) is 0.222. The van der Waals surface area contributed by atoms with Crippen molar-refractivity contribution in [3.05, 3.63) is 82.6 Å². The van der Waals surface area contributed by atoms with Crippen LogP contribution in [0, 0.1) is 5.41 Å². The molecule has 210 valence electrons. The molecule has 0 aliphatic heterocycles. The number of anilines is 1. The Morgan fingerprint density at radius 3 is 2.40 bits per heavy atom. The predicted octanol–water partition coefficient (Wildman–Crippen LogP) is 2.50. The monoisotopic (exact) mass is 567 g/mol. The number of pyridine rings is 1. The van der Waals surface area contributed by atoms with E-state index in [2.05, 4.69) is 21.2 Å². The van der Waals surface area contributed by atoms with Crippen molar-refractivity contribution in [2.75, 3.05) is 32.6 Å². The first-order valence-electron chi connectivity index (χ1n) is 12.1. The van der Waals surface area contributed by atoms with Crippen LogP contribution in [0.1, 0.15) is 34.5 Å². The largest absolute Gasteiger partial charge is 0.490 e. The van der Waals surface area contributed by atoms with Gasteiger partial charge in [-0.2, -0.15) is 0 Å². The quantitative estimate of drug-likeness (QED) is 0.133. The molecule has 0 aliphatic rings. The number of nitrogens with two attached hydrogens (primary N) is 1. The Labute approximate surface area is 236 Å². The number of amides is 3. The summed E-state index contributed by atoms with van der Waals surface area (Å²) in [5.41, 5.74) is 12.0. The fourth-order valence-electron chi connectivity index (χ4n) is 3.39. The topological polar surface area (TPSA) is 172 Å². The van der Waals surface area contributed by atoms with E-state index < -0.39 is 17.9 Å². The van der Waals surface area contributed by atoms with E-state index >= 15 is 0 Å². The number of nitrogens with zero attached hydrogens (tertiary/aromatic N) is 2. The van der Waals surface area contributed by atoms with Crippen LogP contribution in [0.3, 0.4) is 0 Å². The molecule has 1 unspecified atom stereocenters. The Bertz CT molecular complexity index is 1380. The highest BCUT2D eigenvalue weighted by atomic mass is 35.5. The van der Waals surface area contributed by atoms with Crippen LogP contribution in [0.5, 0.6) is 11.5 Å². The number of hydrazine groups is 1. The number of ether oxygens (including phenoxy) is 2. The average Bonchev–Trinajstić information content (AvgIpc) is 2.94. The third-order valence-electron chi connectivity index (χ3n) is 5.54. The van der Waals surface area contributed by atoms with Crippen LogP contribution in [0.4, 0.5) is 5.69 Å². The molecule has 3 amide bonds. The smallest absolute Gasteiger partial charge is 0.271 e. The summed E-state index contributed by atoms with van der Waals surface area (Å²) >= 11 is 6.04.